The van der Waals surface area contributed by atoms with Gasteiger partial charge in [-0.25, -0.2) is 0 Å². The average Bonchev–Trinajstić information content (AvgIpc) is 2.56. The minimum atomic E-state index is -1.53. The second-order valence-electron chi connectivity index (χ2n) is 5.01. The Kier molecular flexibility index (Phi) is 5.55. The van der Waals surface area contributed by atoms with Crippen LogP contribution in [0.5, 0.6) is 0 Å². The highest BCUT2D eigenvalue weighted by atomic mass is 127. The SMILES string of the molecule is C[P](c1ccccc1)(c1ccccc1)c1ccccc1.I. The molecule has 0 N–H and O–H groups in total. The van der Waals surface area contributed by atoms with E-state index in [2.05, 4.69) is 97.7 Å². The highest BCUT2D eigenvalue weighted by Crippen LogP contribution is 2.51. The molecule has 3 aromatic carbocycles. The van der Waals surface area contributed by atoms with Crippen LogP contribution in [0.3, 0.4) is 0 Å². The van der Waals surface area contributed by atoms with Crippen molar-refractivity contribution >= 4 is 47.2 Å². The van der Waals surface area contributed by atoms with Crippen molar-refractivity contribution in [3.8, 4) is 0 Å². The fraction of sp³-hybridized carbons (Fsp3) is 0.0526. The topological polar surface area (TPSA) is 0 Å². The molecule has 0 nitrogen and oxygen atoms in total. The van der Waals surface area contributed by atoms with Crippen LogP contribution in [0.15, 0.2) is 91.0 Å². The molecule has 0 saturated carbocycles. The molecule has 0 aliphatic carbocycles. The quantitative estimate of drug-likeness (QED) is 0.452. The molecule has 0 aromatic heterocycles. The number of rotatable bonds is 3. The van der Waals surface area contributed by atoms with Gasteiger partial charge < -0.3 is 0 Å². The summed E-state index contributed by atoms with van der Waals surface area (Å²) in [7, 11) is -1.53. The largest absolute Gasteiger partial charge is 0.107 e. The van der Waals surface area contributed by atoms with Gasteiger partial charge >= 0.3 is 0 Å². The van der Waals surface area contributed by atoms with E-state index < -0.39 is 7.26 Å². The summed E-state index contributed by atoms with van der Waals surface area (Å²) < 4.78 is 0. The molecule has 0 aliphatic rings. The van der Waals surface area contributed by atoms with Crippen molar-refractivity contribution in [3.05, 3.63) is 91.0 Å². The summed E-state index contributed by atoms with van der Waals surface area (Å²) in [5, 5.41) is 4.28. The molecule has 107 valence electrons. The Morgan fingerprint density at radius 1 is 0.476 bits per heavy atom. The van der Waals surface area contributed by atoms with Crippen LogP contribution in [0.2, 0.25) is 0 Å². The molecule has 0 bridgehead atoms. The molecule has 0 fully saturated rings. The number of benzene rings is 3. The number of hydrogen-bond acceptors (Lipinski definition) is 0. The highest BCUT2D eigenvalue weighted by Gasteiger charge is 2.27. The Balaban J connectivity index is 0.00000161. The van der Waals surface area contributed by atoms with Crippen LogP contribution in [0.25, 0.3) is 0 Å². The van der Waals surface area contributed by atoms with Gasteiger partial charge in [0.2, 0.25) is 0 Å². The zero-order valence-electron chi connectivity index (χ0n) is 12.0. The van der Waals surface area contributed by atoms with E-state index in [0.717, 1.165) is 0 Å². The predicted octanol–water partition coefficient (Wildman–Crippen LogP) is 4.23. The molecule has 0 saturated heterocycles. The van der Waals surface area contributed by atoms with Gasteiger partial charge in [0, 0.05) is 0 Å². The van der Waals surface area contributed by atoms with Crippen LogP contribution in [0.1, 0.15) is 0 Å². The molecule has 3 rings (SSSR count). The van der Waals surface area contributed by atoms with Crippen molar-refractivity contribution < 1.29 is 0 Å². The summed E-state index contributed by atoms with van der Waals surface area (Å²) in [6.45, 7) is 2.41. The molecular weight excluding hydrogens is 386 g/mol. The molecule has 1 radical (unpaired) electrons. The first-order chi connectivity index (χ1) is 9.82. The number of halogens is 1. The van der Waals surface area contributed by atoms with Crippen molar-refractivity contribution in [1.29, 1.82) is 0 Å². The van der Waals surface area contributed by atoms with Crippen LogP contribution in [0.4, 0.5) is 0 Å². The third-order valence-corrected chi connectivity index (χ3v) is 7.81. The van der Waals surface area contributed by atoms with Gasteiger partial charge in [-0.2, -0.15) is 0 Å². The summed E-state index contributed by atoms with van der Waals surface area (Å²) >= 11 is 0. The van der Waals surface area contributed by atoms with Gasteiger partial charge in [-0.05, 0) is 29.8 Å². The Morgan fingerprint density at radius 2 is 0.714 bits per heavy atom. The maximum atomic E-state index is 2.41. The van der Waals surface area contributed by atoms with E-state index in [1.165, 1.54) is 15.9 Å². The third kappa shape index (κ3) is 3.20. The van der Waals surface area contributed by atoms with Gasteiger partial charge in [-0.15, -0.1) is 24.0 Å². The summed E-state index contributed by atoms with van der Waals surface area (Å²) in [6, 6.07) is 32.6. The van der Waals surface area contributed by atoms with E-state index in [4.69, 9.17) is 0 Å². The Hall–Kier alpha value is -1.18. The number of hydrogen-bond donors (Lipinski definition) is 0. The lowest BCUT2D eigenvalue weighted by atomic mass is 10.4. The standard InChI is InChI=1S/C19H18P.HI/c1-20(17-11-5-2-6-12-17,18-13-7-3-8-14-18)19-15-9-4-10-16-19;/h2-16H,1H3;1H. The second kappa shape index (κ2) is 7.20. The van der Waals surface area contributed by atoms with Crippen molar-refractivity contribution in [2.45, 2.75) is 0 Å². The third-order valence-electron chi connectivity index (χ3n) is 3.82. The molecule has 3 aromatic rings. The van der Waals surface area contributed by atoms with Gasteiger partial charge in [0.15, 0.2) is 0 Å². The van der Waals surface area contributed by atoms with Gasteiger partial charge in [0.25, 0.3) is 0 Å². The zero-order valence-corrected chi connectivity index (χ0v) is 15.2. The maximum absolute atomic E-state index is 2.41. The van der Waals surface area contributed by atoms with E-state index in [1.54, 1.807) is 0 Å². The molecular formula is C19H19IP. The van der Waals surface area contributed by atoms with E-state index in [9.17, 15) is 0 Å². The molecule has 21 heavy (non-hydrogen) atoms. The maximum Gasteiger partial charge on any atom is -0.0199 e. The molecule has 0 amide bonds. The molecule has 0 unspecified atom stereocenters. The smallest absolute Gasteiger partial charge is 0.0199 e. The fourth-order valence-corrected chi connectivity index (χ4v) is 5.83. The lowest BCUT2D eigenvalue weighted by Crippen LogP contribution is -2.30. The molecule has 2 heteroatoms. The minimum absolute atomic E-state index is 0. The van der Waals surface area contributed by atoms with Gasteiger partial charge in [0.1, 0.15) is 0 Å². The Bertz CT molecular complexity index is 569. The molecule has 0 aliphatic heterocycles. The minimum Gasteiger partial charge on any atom is -0.107 e. The summed E-state index contributed by atoms with van der Waals surface area (Å²) in [6.07, 6.45) is 0. The first-order valence-electron chi connectivity index (χ1n) is 6.85. The normalized spacial score (nSPS) is 10.7. The van der Waals surface area contributed by atoms with E-state index in [-0.39, 0.29) is 24.0 Å². The van der Waals surface area contributed by atoms with E-state index in [0.29, 0.717) is 0 Å². The van der Waals surface area contributed by atoms with Gasteiger partial charge in [0.05, 0.1) is 0 Å². The van der Waals surface area contributed by atoms with Crippen molar-refractivity contribution in [1.82, 2.24) is 0 Å². The lowest BCUT2D eigenvalue weighted by molar-refractivity contribution is 1.72. The summed E-state index contributed by atoms with van der Waals surface area (Å²) in [5.74, 6) is 0. The van der Waals surface area contributed by atoms with Crippen molar-refractivity contribution in [2.24, 2.45) is 0 Å². The Labute approximate surface area is 144 Å². The van der Waals surface area contributed by atoms with Gasteiger partial charge in [-0.1, -0.05) is 91.0 Å². The van der Waals surface area contributed by atoms with Crippen molar-refractivity contribution in [2.75, 3.05) is 6.66 Å². The van der Waals surface area contributed by atoms with Gasteiger partial charge in [-0.3, -0.25) is 0 Å². The van der Waals surface area contributed by atoms with Crippen molar-refractivity contribution in [3.63, 3.8) is 0 Å². The van der Waals surface area contributed by atoms with Crippen LogP contribution in [0, 0.1) is 0 Å². The first kappa shape index (κ1) is 16.2. The molecule has 0 atom stereocenters. The highest BCUT2D eigenvalue weighted by molar-refractivity contribution is 14.0. The van der Waals surface area contributed by atoms with Crippen LogP contribution in [-0.2, 0) is 0 Å². The van der Waals surface area contributed by atoms with Crippen LogP contribution < -0.4 is 15.9 Å². The molecule has 0 spiro atoms. The fourth-order valence-electron chi connectivity index (χ4n) is 2.63. The van der Waals surface area contributed by atoms with Crippen LogP contribution in [-0.4, -0.2) is 6.66 Å². The Morgan fingerprint density at radius 3 is 0.952 bits per heavy atom. The summed E-state index contributed by atoms with van der Waals surface area (Å²) in [4.78, 5) is 0. The predicted molar refractivity (Wildman–Crippen MR) is 106 cm³/mol. The first-order valence-corrected chi connectivity index (χ1v) is 9.09. The second-order valence-corrected chi connectivity index (χ2v) is 8.57. The monoisotopic (exact) mass is 405 g/mol. The lowest BCUT2D eigenvalue weighted by Gasteiger charge is -2.34. The molecule has 0 heterocycles. The summed E-state index contributed by atoms with van der Waals surface area (Å²) in [5.41, 5.74) is 0. The average molecular weight is 405 g/mol. The van der Waals surface area contributed by atoms with Crippen LogP contribution >= 0.6 is 31.2 Å². The zero-order chi connectivity index (χ0) is 13.8. The van der Waals surface area contributed by atoms with E-state index >= 15 is 0 Å². The van der Waals surface area contributed by atoms with E-state index in [1.807, 2.05) is 0 Å².